The Hall–Kier alpha value is -1.13. The molecule has 1 fully saturated rings. The minimum atomic E-state index is -0.186. The molecule has 1 aliphatic rings. The van der Waals surface area contributed by atoms with Gasteiger partial charge in [0.15, 0.2) is 0 Å². The Labute approximate surface area is 108 Å². The van der Waals surface area contributed by atoms with Crippen molar-refractivity contribution >= 4 is 5.69 Å². The van der Waals surface area contributed by atoms with E-state index in [1.165, 1.54) is 6.07 Å². The van der Waals surface area contributed by atoms with Gasteiger partial charge in [0.05, 0.1) is 6.04 Å². The lowest BCUT2D eigenvalue weighted by atomic mass is 10.2. The van der Waals surface area contributed by atoms with Crippen molar-refractivity contribution < 1.29 is 4.39 Å². The Balaban J connectivity index is 2.24. The van der Waals surface area contributed by atoms with Crippen molar-refractivity contribution in [3.63, 3.8) is 0 Å². The van der Waals surface area contributed by atoms with E-state index in [1.54, 1.807) is 12.1 Å². The van der Waals surface area contributed by atoms with Gasteiger partial charge in [0, 0.05) is 31.4 Å². The van der Waals surface area contributed by atoms with Crippen LogP contribution in [0.15, 0.2) is 24.3 Å². The van der Waals surface area contributed by atoms with E-state index in [9.17, 15) is 4.39 Å². The van der Waals surface area contributed by atoms with Crippen molar-refractivity contribution in [2.75, 3.05) is 31.6 Å². The Morgan fingerprint density at radius 3 is 2.89 bits per heavy atom. The molecule has 2 atom stereocenters. The first-order valence-electron chi connectivity index (χ1n) is 6.54. The van der Waals surface area contributed by atoms with E-state index in [0.717, 1.165) is 25.2 Å². The van der Waals surface area contributed by atoms with Crippen molar-refractivity contribution in [2.24, 2.45) is 5.73 Å². The fourth-order valence-corrected chi connectivity index (χ4v) is 2.54. The van der Waals surface area contributed by atoms with Crippen LogP contribution >= 0.6 is 0 Å². The molecule has 1 heterocycles. The van der Waals surface area contributed by atoms with Crippen LogP contribution in [0.3, 0.4) is 0 Å². The first kappa shape index (κ1) is 13.3. The summed E-state index contributed by atoms with van der Waals surface area (Å²) >= 11 is 0. The van der Waals surface area contributed by atoms with Crippen molar-refractivity contribution in [2.45, 2.75) is 25.4 Å². The van der Waals surface area contributed by atoms with E-state index < -0.39 is 0 Å². The summed E-state index contributed by atoms with van der Waals surface area (Å²) in [6.07, 6.45) is 1.07. The summed E-state index contributed by atoms with van der Waals surface area (Å²) in [5, 5.41) is 0. The van der Waals surface area contributed by atoms with Gasteiger partial charge in [-0.1, -0.05) is 6.07 Å². The third-order valence-electron chi connectivity index (χ3n) is 3.89. The van der Waals surface area contributed by atoms with Crippen LogP contribution in [0, 0.1) is 5.82 Å². The van der Waals surface area contributed by atoms with E-state index in [1.807, 2.05) is 6.07 Å². The zero-order valence-electron chi connectivity index (χ0n) is 11.1. The van der Waals surface area contributed by atoms with Gasteiger partial charge in [-0.2, -0.15) is 0 Å². The lowest BCUT2D eigenvalue weighted by Crippen LogP contribution is -2.45. The Bertz CT molecular complexity index is 396. The summed E-state index contributed by atoms with van der Waals surface area (Å²) in [5.41, 5.74) is 6.82. The number of hydrogen-bond acceptors (Lipinski definition) is 3. The predicted molar refractivity (Wildman–Crippen MR) is 73.3 cm³/mol. The summed E-state index contributed by atoms with van der Waals surface area (Å²) in [6, 6.07) is 7.59. The van der Waals surface area contributed by atoms with E-state index in [2.05, 4.69) is 23.8 Å². The van der Waals surface area contributed by atoms with Crippen molar-refractivity contribution in [3.8, 4) is 0 Å². The molecule has 0 aliphatic carbocycles. The number of hydrogen-bond donors (Lipinski definition) is 1. The SMILES string of the molecule is CC1CCN(c2cccc(F)c2)C(CN)CN1C. The standard InChI is InChI=1S/C14H22FN3/c1-11-6-7-18(14(9-16)10-17(11)2)13-5-3-4-12(15)8-13/h3-5,8,11,14H,6-7,9-10,16H2,1-2H3. The average Bonchev–Trinajstić information content (AvgIpc) is 2.50. The van der Waals surface area contributed by atoms with Crippen LogP contribution in [0.5, 0.6) is 0 Å². The van der Waals surface area contributed by atoms with Gasteiger partial charge in [-0.05, 0) is 38.6 Å². The maximum Gasteiger partial charge on any atom is 0.125 e. The van der Waals surface area contributed by atoms with E-state index >= 15 is 0 Å². The molecule has 0 spiro atoms. The second kappa shape index (κ2) is 5.67. The average molecular weight is 251 g/mol. The van der Waals surface area contributed by atoms with Gasteiger partial charge in [-0.25, -0.2) is 4.39 Å². The minimum Gasteiger partial charge on any atom is -0.366 e. The van der Waals surface area contributed by atoms with Crippen LogP contribution in [0.4, 0.5) is 10.1 Å². The van der Waals surface area contributed by atoms with Crippen LogP contribution in [-0.2, 0) is 0 Å². The van der Waals surface area contributed by atoms with Gasteiger partial charge in [0.25, 0.3) is 0 Å². The van der Waals surface area contributed by atoms with Crippen LogP contribution in [0.25, 0.3) is 0 Å². The highest BCUT2D eigenvalue weighted by Crippen LogP contribution is 2.22. The van der Waals surface area contributed by atoms with E-state index in [0.29, 0.717) is 12.6 Å². The van der Waals surface area contributed by atoms with Crippen molar-refractivity contribution in [1.82, 2.24) is 4.90 Å². The number of halogens is 1. The first-order valence-corrected chi connectivity index (χ1v) is 6.54. The number of rotatable bonds is 2. The predicted octanol–water partition coefficient (Wildman–Crippen LogP) is 1.68. The molecule has 2 unspecified atom stereocenters. The molecule has 4 heteroatoms. The molecule has 3 nitrogen and oxygen atoms in total. The molecule has 0 bridgehead atoms. The largest absolute Gasteiger partial charge is 0.366 e. The number of benzene rings is 1. The Morgan fingerprint density at radius 1 is 1.44 bits per heavy atom. The lowest BCUT2D eigenvalue weighted by molar-refractivity contribution is 0.256. The third kappa shape index (κ3) is 2.82. The highest BCUT2D eigenvalue weighted by molar-refractivity contribution is 5.48. The number of anilines is 1. The van der Waals surface area contributed by atoms with E-state index in [-0.39, 0.29) is 11.9 Å². The Kier molecular flexibility index (Phi) is 4.19. The van der Waals surface area contributed by atoms with E-state index in [4.69, 9.17) is 5.73 Å². The second-order valence-electron chi connectivity index (χ2n) is 5.14. The number of nitrogens with two attached hydrogens (primary N) is 1. The first-order chi connectivity index (χ1) is 8.61. The molecular weight excluding hydrogens is 229 g/mol. The topological polar surface area (TPSA) is 32.5 Å². The molecule has 2 rings (SSSR count). The molecule has 0 aromatic heterocycles. The summed E-state index contributed by atoms with van der Waals surface area (Å²) in [4.78, 5) is 4.57. The van der Waals surface area contributed by atoms with Gasteiger partial charge < -0.3 is 15.5 Å². The molecule has 1 aliphatic heterocycles. The van der Waals surface area contributed by atoms with Crippen LogP contribution in [0.1, 0.15) is 13.3 Å². The van der Waals surface area contributed by atoms with Gasteiger partial charge in [-0.15, -0.1) is 0 Å². The quantitative estimate of drug-likeness (QED) is 0.868. The molecule has 1 saturated heterocycles. The lowest BCUT2D eigenvalue weighted by Gasteiger charge is -2.32. The fraction of sp³-hybridized carbons (Fsp3) is 0.571. The van der Waals surface area contributed by atoms with Crippen LogP contribution in [0.2, 0.25) is 0 Å². The smallest absolute Gasteiger partial charge is 0.125 e. The van der Waals surface area contributed by atoms with Crippen LogP contribution in [-0.4, -0.2) is 43.7 Å². The summed E-state index contributed by atoms with van der Waals surface area (Å²) in [7, 11) is 2.13. The highest BCUT2D eigenvalue weighted by atomic mass is 19.1. The number of nitrogens with zero attached hydrogens (tertiary/aromatic N) is 2. The maximum absolute atomic E-state index is 13.3. The zero-order chi connectivity index (χ0) is 13.1. The van der Waals surface area contributed by atoms with Crippen molar-refractivity contribution in [3.05, 3.63) is 30.1 Å². The zero-order valence-corrected chi connectivity index (χ0v) is 11.1. The van der Waals surface area contributed by atoms with Gasteiger partial charge in [-0.3, -0.25) is 0 Å². The molecule has 0 saturated carbocycles. The van der Waals surface area contributed by atoms with Gasteiger partial charge >= 0.3 is 0 Å². The molecule has 1 aromatic rings. The normalized spacial score (nSPS) is 26.1. The van der Waals surface area contributed by atoms with Crippen molar-refractivity contribution in [1.29, 1.82) is 0 Å². The summed E-state index contributed by atoms with van der Waals surface area (Å²) < 4.78 is 13.3. The number of likely N-dealkylation sites (N-methyl/N-ethyl adjacent to an activating group) is 1. The fourth-order valence-electron chi connectivity index (χ4n) is 2.54. The summed E-state index contributed by atoms with van der Waals surface area (Å²) in [6.45, 7) is 4.67. The third-order valence-corrected chi connectivity index (χ3v) is 3.89. The molecule has 18 heavy (non-hydrogen) atoms. The molecule has 100 valence electrons. The summed E-state index contributed by atoms with van der Waals surface area (Å²) in [5.74, 6) is -0.186. The highest BCUT2D eigenvalue weighted by Gasteiger charge is 2.25. The molecular formula is C14H22FN3. The monoisotopic (exact) mass is 251 g/mol. The molecule has 0 amide bonds. The second-order valence-corrected chi connectivity index (χ2v) is 5.14. The Morgan fingerprint density at radius 2 is 2.22 bits per heavy atom. The minimum absolute atomic E-state index is 0.186. The maximum atomic E-state index is 13.3. The molecule has 2 N–H and O–H groups in total. The van der Waals surface area contributed by atoms with Gasteiger partial charge in [0.2, 0.25) is 0 Å². The van der Waals surface area contributed by atoms with Crippen LogP contribution < -0.4 is 10.6 Å². The molecule has 0 radical (unpaired) electrons. The van der Waals surface area contributed by atoms with Gasteiger partial charge in [0.1, 0.15) is 5.82 Å². The molecule has 1 aromatic carbocycles.